The molecule has 144 valence electrons. The summed E-state index contributed by atoms with van der Waals surface area (Å²) in [6, 6.07) is 7.51. The molecule has 2 aromatic heterocycles. The molecule has 1 aliphatic rings. The largest absolute Gasteiger partial charge is 0.491 e. The lowest BCUT2D eigenvalue weighted by Crippen LogP contribution is -2.17. The van der Waals surface area contributed by atoms with Crippen LogP contribution in [0, 0.1) is 17.6 Å². The molecule has 3 aromatic rings. The lowest BCUT2D eigenvalue weighted by molar-refractivity contribution is -0.119. The molecule has 1 N–H and O–H groups in total. The van der Waals surface area contributed by atoms with Crippen LogP contribution in [0.25, 0.3) is 22.2 Å². The minimum absolute atomic E-state index is 0.00832. The number of aromatic nitrogens is 2. The minimum Gasteiger partial charge on any atom is -0.491 e. The Kier molecular flexibility index (Phi) is 4.77. The SMILES string of the molecule is COc1c(F)cc(-c2cc3ncccc3c(OCC3CNC(=O)C3)n2)cc1F. The van der Waals surface area contributed by atoms with Gasteiger partial charge in [-0.15, -0.1) is 0 Å². The van der Waals surface area contributed by atoms with E-state index in [1.807, 2.05) is 6.07 Å². The number of pyridine rings is 2. The van der Waals surface area contributed by atoms with Crippen molar-refractivity contribution < 1.29 is 23.0 Å². The maximum Gasteiger partial charge on any atom is 0.223 e. The quantitative estimate of drug-likeness (QED) is 0.731. The fraction of sp³-hybridized carbons (Fsp3) is 0.250. The topological polar surface area (TPSA) is 73.3 Å². The van der Waals surface area contributed by atoms with Crippen LogP contribution >= 0.6 is 0 Å². The summed E-state index contributed by atoms with van der Waals surface area (Å²) >= 11 is 0. The number of amides is 1. The van der Waals surface area contributed by atoms with E-state index in [9.17, 15) is 13.6 Å². The highest BCUT2D eigenvalue weighted by Crippen LogP contribution is 2.32. The molecule has 1 amide bonds. The van der Waals surface area contributed by atoms with Gasteiger partial charge in [-0.1, -0.05) is 0 Å². The van der Waals surface area contributed by atoms with Crippen molar-refractivity contribution in [3.05, 3.63) is 48.2 Å². The number of rotatable bonds is 5. The van der Waals surface area contributed by atoms with Crippen molar-refractivity contribution in [3.63, 3.8) is 0 Å². The van der Waals surface area contributed by atoms with Crippen LogP contribution in [0.1, 0.15) is 6.42 Å². The van der Waals surface area contributed by atoms with Gasteiger partial charge in [0.25, 0.3) is 0 Å². The Morgan fingerprint density at radius 2 is 2.04 bits per heavy atom. The van der Waals surface area contributed by atoms with Gasteiger partial charge in [-0.2, -0.15) is 0 Å². The first-order chi connectivity index (χ1) is 13.5. The van der Waals surface area contributed by atoms with Crippen molar-refractivity contribution in [3.8, 4) is 22.9 Å². The summed E-state index contributed by atoms with van der Waals surface area (Å²) in [5.41, 5.74) is 1.15. The zero-order valence-corrected chi connectivity index (χ0v) is 15.0. The van der Waals surface area contributed by atoms with E-state index < -0.39 is 17.4 Å². The molecule has 4 rings (SSSR count). The van der Waals surface area contributed by atoms with Gasteiger partial charge in [-0.05, 0) is 30.3 Å². The van der Waals surface area contributed by atoms with Gasteiger partial charge in [0.1, 0.15) is 0 Å². The van der Waals surface area contributed by atoms with E-state index >= 15 is 0 Å². The molecule has 1 aromatic carbocycles. The standard InChI is InChI=1S/C20H17F2N3O3/c1-27-19-14(21)6-12(7-15(19)22)16-8-17-13(3-2-4-23-17)20(25-16)28-10-11-5-18(26)24-9-11/h2-4,6-8,11H,5,9-10H2,1H3,(H,24,26). The monoisotopic (exact) mass is 385 g/mol. The van der Waals surface area contributed by atoms with E-state index in [0.29, 0.717) is 42.0 Å². The van der Waals surface area contributed by atoms with Gasteiger partial charge in [-0.3, -0.25) is 9.78 Å². The molecule has 1 atom stereocenters. The first-order valence-electron chi connectivity index (χ1n) is 8.74. The molecule has 3 heterocycles. The number of nitrogens with zero attached hydrogens (tertiary/aromatic N) is 2. The summed E-state index contributed by atoms with van der Waals surface area (Å²) in [4.78, 5) is 20.1. The van der Waals surface area contributed by atoms with Crippen LogP contribution in [-0.4, -0.2) is 36.1 Å². The fourth-order valence-corrected chi connectivity index (χ4v) is 3.18. The maximum absolute atomic E-state index is 14.1. The second-order valence-corrected chi connectivity index (χ2v) is 6.54. The number of methoxy groups -OCH3 is 1. The molecule has 1 aliphatic heterocycles. The van der Waals surface area contributed by atoms with Gasteiger partial charge in [0, 0.05) is 30.6 Å². The molecule has 8 heteroatoms. The highest BCUT2D eigenvalue weighted by molar-refractivity contribution is 5.87. The van der Waals surface area contributed by atoms with Gasteiger partial charge in [0.15, 0.2) is 17.4 Å². The molecule has 0 saturated carbocycles. The van der Waals surface area contributed by atoms with Gasteiger partial charge in [-0.25, -0.2) is 13.8 Å². The minimum atomic E-state index is -0.821. The third kappa shape index (κ3) is 3.45. The number of hydrogen-bond acceptors (Lipinski definition) is 5. The maximum atomic E-state index is 14.1. The third-order valence-corrected chi connectivity index (χ3v) is 4.58. The predicted molar refractivity (Wildman–Crippen MR) is 98.1 cm³/mol. The summed E-state index contributed by atoms with van der Waals surface area (Å²) in [6.45, 7) is 0.841. The van der Waals surface area contributed by atoms with Crippen LogP contribution in [-0.2, 0) is 4.79 Å². The van der Waals surface area contributed by atoms with Crippen molar-refractivity contribution in [1.29, 1.82) is 0 Å². The summed E-state index contributed by atoms with van der Waals surface area (Å²) in [5, 5.41) is 3.44. The molecule has 0 radical (unpaired) electrons. The van der Waals surface area contributed by atoms with Crippen LogP contribution in [0.3, 0.4) is 0 Å². The molecule has 0 bridgehead atoms. The number of carbonyl (C=O) groups is 1. The number of benzene rings is 1. The highest BCUT2D eigenvalue weighted by Gasteiger charge is 2.23. The van der Waals surface area contributed by atoms with Gasteiger partial charge in [0.2, 0.25) is 11.8 Å². The van der Waals surface area contributed by atoms with Crippen molar-refractivity contribution in [2.24, 2.45) is 5.92 Å². The van der Waals surface area contributed by atoms with E-state index in [4.69, 9.17) is 9.47 Å². The molecule has 0 aliphatic carbocycles. The normalized spacial score (nSPS) is 16.2. The average molecular weight is 385 g/mol. The molecule has 0 spiro atoms. The molecule has 1 unspecified atom stereocenters. The molecular weight excluding hydrogens is 368 g/mol. The summed E-state index contributed by atoms with van der Waals surface area (Å²) in [5.74, 6) is -1.75. The Morgan fingerprint density at radius 1 is 1.25 bits per heavy atom. The van der Waals surface area contributed by atoms with Crippen LogP contribution in [0.5, 0.6) is 11.6 Å². The Bertz CT molecular complexity index is 1040. The molecule has 1 fully saturated rings. The van der Waals surface area contributed by atoms with E-state index in [0.717, 1.165) is 12.1 Å². The molecule has 1 saturated heterocycles. The first-order valence-corrected chi connectivity index (χ1v) is 8.74. The number of hydrogen-bond donors (Lipinski definition) is 1. The predicted octanol–water partition coefficient (Wildman–Crippen LogP) is 3.10. The lowest BCUT2D eigenvalue weighted by Gasteiger charge is -2.13. The van der Waals surface area contributed by atoms with Crippen LogP contribution in [0.2, 0.25) is 0 Å². The van der Waals surface area contributed by atoms with E-state index in [-0.39, 0.29) is 17.4 Å². The Balaban J connectivity index is 1.72. The van der Waals surface area contributed by atoms with E-state index in [1.165, 1.54) is 7.11 Å². The van der Waals surface area contributed by atoms with Crippen LogP contribution in [0.15, 0.2) is 36.5 Å². The summed E-state index contributed by atoms with van der Waals surface area (Å²) in [6.07, 6.45) is 2.01. The van der Waals surface area contributed by atoms with Gasteiger partial charge >= 0.3 is 0 Å². The van der Waals surface area contributed by atoms with E-state index in [1.54, 1.807) is 18.3 Å². The third-order valence-electron chi connectivity index (χ3n) is 4.58. The molecular formula is C20H17F2N3O3. The van der Waals surface area contributed by atoms with E-state index in [2.05, 4.69) is 15.3 Å². The zero-order chi connectivity index (χ0) is 19.7. The number of carbonyl (C=O) groups excluding carboxylic acids is 1. The fourth-order valence-electron chi connectivity index (χ4n) is 3.18. The number of fused-ring (bicyclic) bond motifs is 1. The average Bonchev–Trinajstić information content (AvgIpc) is 3.11. The van der Waals surface area contributed by atoms with Crippen molar-refractivity contribution in [1.82, 2.24) is 15.3 Å². The molecule has 6 nitrogen and oxygen atoms in total. The van der Waals surface area contributed by atoms with Crippen molar-refractivity contribution >= 4 is 16.8 Å². The summed E-state index contributed by atoms with van der Waals surface area (Å²) in [7, 11) is 1.20. The second-order valence-electron chi connectivity index (χ2n) is 6.54. The van der Waals surface area contributed by atoms with Gasteiger partial charge < -0.3 is 14.8 Å². The number of nitrogens with one attached hydrogen (secondary N) is 1. The molecule has 28 heavy (non-hydrogen) atoms. The Labute approximate surface area is 159 Å². The number of ether oxygens (including phenoxy) is 2. The van der Waals surface area contributed by atoms with Gasteiger partial charge in [0.05, 0.1) is 30.3 Å². The van der Waals surface area contributed by atoms with Crippen LogP contribution < -0.4 is 14.8 Å². The first kappa shape index (κ1) is 18.1. The highest BCUT2D eigenvalue weighted by atomic mass is 19.1. The van der Waals surface area contributed by atoms with Crippen molar-refractivity contribution in [2.45, 2.75) is 6.42 Å². The van der Waals surface area contributed by atoms with Crippen LogP contribution in [0.4, 0.5) is 8.78 Å². The smallest absolute Gasteiger partial charge is 0.223 e. The zero-order valence-electron chi connectivity index (χ0n) is 15.0. The number of halogens is 2. The second kappa shape index (κ2) is 7.38. The summed E-state index contributed by atoms with van der Waals surface area (Å²) < 4.78 is 38.8. The lowest BCUT2D eigenvalue weighted by atomic mass is 10.1. The Morgan fingerprint density at radius 3 is 2.71 bits per heavy atom. The Hall–Kier alpha value is -3.29. The van der Waals surface area contributed by atoms with Crippen molar-refractivity contribution in [2.75, 3.05) is 20.3 Å².